The molecule has 0 aliphatic carbocycles. The molecule has 0 radical (unpaired) electrons. The van der Waals surface area contributed by atoms with E-state index in [2.05, 4.69) is 5.32 Å². The molecular weight excluding hydrogens is 358 g/mol. The van der Waals surface area contributed by atoms with Gasteiger partial charge in [-0.1, -0.05) is 0 Å². The molecule has 1 fully saturated rings. The number of aliphatic carboxylic acids is 1. The maximum atomic E-state index is 11.3. The number of amides is 1. The minimum absolute atomic E-state index is 0.600. The molecule has 2 aliphatic rings. The van der Waals surface area contributed by atoms with Gasteiger partial charge >= 0.3 is 5.97 Å². The fourth-order valence-electron chi connectivity index (χ4n) is 2.67. The van der Waals surface area contributed by atoms with Crippen LogP contribution in [-0.2, 0) is 23.8 Å². The van der Waals surface area contributed by atoms with Gasteiger partial charge in [0.2, 0.25) is 18.0 Å². The molecule has 1 amide bonds. The van der Waals surface area contributed by atoms with E-state index < -0.39 is 73.4 Å². The molecule has 0 spiro atoms. The highest BCUT2D eigenvalue weighted by Gasteiger charge is 2.49. The number of carboxylic acid groups (broad SMARTS) is 1. The van der Waals surface area contributed by atoms with Crippen LogP contribution in [0.1, 0.15) is 6.92 Å². The molecular formula is C14H21NO11. The standard InChI is InChI=1S/C14H21NO11/c1-4(17)15-8-11(10(20)7(3-16)24-13(8)23)26-14-9(19)5(18)2-6(25-14)12(21)22/h2,5,7-11,13-14,16,18-20,23H,3H2,1H3,(H,15,17)(H,21,22)/t5-,7+,8+,9+,10+,11+,13+,14-/m0/s1. The summed E-state index contributed by atoms with van der Waals surface area (Å²) in [5, 5.41) is 60.5. The number of hydrogen-bond acceptors (Lipinski definition) is 10. The van der Waals surface area contributed by atoms with Crippen LogP contribution in [0.2, 0.25) is 0 Å². The average molecular weight is 379 g/mol. The van der Waals surface area contributed by atoms with Crippen LogP contribution in [0.3, 0.4) is 0 Å². The van der Waals surface area contributed by atoms with Crippen molar-refractivity contribution >= 4 is 11.9 Å². The Hall–Kier alpha value is -1.80. The minimum Gasteiger partial charge on any atom is -0.475 e. The summed E-state index contributed by atoms with van der Waals surface area (Å²) in [6, 6.07) is -1.32. The van der Waals surface area contributed by atoms with Crippen molar-refractivity contribution in [3.63, 3.8) is 0 Å². The second-order valence-electron chi connectivity index (χ2n) is 5.87. The van der Waals surface area contributed by atoms with Gasteiger partial charge < -0.3 is 50.2 Å². The summed E-state index contributed by atoms with van der Waals surface area (Å²) in [7, 11) is 0. The van der Waals surface area contributed by atoms with Crippen LogP contribution in [0, 0.1) is 0 Å². The van der Waals surface area contributed by atoms with Crippen LogP contribution < -0.4 is 5.32 Å². The number of rotatable bonds is 5. The minimum atomic E-state index is -1.73. The number of ether oxygens (including phenoxy) is 3. The summed E-state index contributed by atoms with van der Waals surface area (Å²) >= 11 is 0. The number of carboxylic acids is 1. The normalized spacial score (nSPS) is 40.3. The molecule has 148 valence electrons. The number of hydrogen-bond donors (Lipinski definition) is 7. The second kappa shape index (κ2) is 8.26. The first kappa shape index (κ1) is 20.5. The Morgan fingerprint density at radius 1 is 1.23 bits per heavy atom. The summed E-state index contributed by atoms with van der Waals surface area (Å²) in [5.41, 5.74) is 0. The Morgan fingerprint density at radius 3 is 2.42 bits per heavy atom. The Kier molecular flexibility index (Phi) is 6.52. The van der Waals surface area contributed by atoms with Gasteiger partial charge in [0, 0.05) is 6.92 Å². The Bertz CT molecular complexity index is 567. The first-order valence-corrected chi connectivity index (χ1v) is 7.68. The molecule has 12 nitrogen and oxygen atoms in total. The number of aliphatic hydroxyl groups is 5. The zero-order chi connectivity index (χ0) is 19.6. The third-order valence-corrected chi connectivity index (χ3v) is 3.94. The Morgan fingerprint density at radius 2 is 1.88 bits per heavy atom. The molecule has 1 saturated heterocycles. The molecule has 2 aliphatic heterocycles. The number of carbonyl (C=O) groups excluding carboxylic acids is 1. The third kappa shape index (κ3) is 4.29. The van der Waals surface area contributed by atoms with Gasteiger partial charge in [0.1, 0.15) is 36.6 Å². The van der Waals surface area contributed by atoms with Crippen molar-refractivity contribution in [2.45, 2.75) is 56.1 Å². The molecule has 0 aromatic carbocycles. The largest absolute Gasteiger partial charge is 0.475 e. The zero-order valence-electron chi connectivity index (χ0n) is 13.6. The van der Waals surface area contributed by atoms with Crippen molar-refractivity contribution in [1.29, 1.82) is 0 Å². The smallest absolute Gasteiger partial charge is 0.371 e. The fourth-order valence-corrected chi connectivity index (χ4v) is 2.67. The van der Waals surface area contributed by atoms with Crippen LogP contribution in [0.4, 0.5) is 0 Å². The van der Waals surface area contributed by atoms with Gasteiger partial charge in [0.05, 0.1) is 6.61 Å². The third-order valence-electron chi connectivity index (χ3n) is 3.94. The molecule has 7 N–H and O–H groups in total. The van der Waals surface area contributed by atoms with Crippen LogP contribution in [0.15, 0.2) is 11.8 Å². The predicted molar refractivity (Wildman–Crippen MR) is 79.1 cm³/mol. The number of carbonyl (C=O) groups is 2. The van der Waals surface area contributed by atoms with Crippen molar-refractivity contribution in [2.24, 2.45) is 0 Å². The van der Waals surface area contributed by atoms with Crippen LogP contribution in [0.25, 0.3) is 0 Å². The molecule has 0 aromatic rings. The molecule has 2 rings (SSSR count). The molecule has 0 saturated carbocycles. The van der Waals surface area contributed by atoms with Gasteiger partial charge in [-0.3, -0.25) is 4.79 Å². The molecule has 0 bridgehead atoms. The topological polar surface area (TPSA) is 195 Å². The maximum absolute atomic E-state index is 11.3. The van der Waals surface area contributed by atoms with Crippen LogP contribution in [-0.4, -0.2) is 98.3 Å². The van der Waals surface area contributed by atoms with E-state index >= 15 is 0 Å². The monoisotopic (exact) mass is 379 g/mol. The van der Waals surface area contributed by atoms with Gasteiger partial charge in [-0.15, -0.1) is 0 Å². The summed E-state index contributed by atoms with van der Waals surface area (Å²) in [4.78, 5) is 22.4. The zero-order valence-corrected chi connectivity index (χ0v) is 13.6. The van der Waals surface area contributed by atoms with Crippen LogP contribution in [0.5, 0.6) is 0 Å². The van der Waals surface area contributed by atoms with Gasteiger partial charge in [-0.05, 0) is 6.08 Å². The lowest BCUT2D eigenvalue weighted by Gasteiger charge is -2.44. The van der Waals surface area contributed by atoms with Crippen molar-refractivity contribution in [3.05, 3.63) is 11.8 Å². The van der Waals surface area contributed by atoms with Crippen molar-refractivity contribution in [3.8, 4) is 0 Å². The van der Waals surface area contributed by atoms with E-state index in [0.717, 1.165) is 13.0 Å². The summed E-state index contributed by atoms with van der Waals surface area (Å²) in [5.74, 6) is -2.81. The summed E-state index contributed by atoms with van der Waals surface area (Å²) < 4.78 is 15.3. The van der Waals surface area contributed by atoms with Gasteiger partial charge in [0.25, 0.3) is 0 Å². The highest BCUT2D eigenvalue weighted by atomic mass is 16.7. The van der Waals surface area contributed by atoms with Gasteiger partial charge in [-0.25, -0.2) is 4.79 Å². The van der Waals surface area contributed by atoms with E-state index in [1.807, 2.05) is 0 Å². The molecule has 0 unspecified atom stereocenters. The number of nitrogens with one attached hydrogen (secondary N) is 1. The van der Waals surface area contributed by atoms with Gasteiger partial charge in [0.15, 0.2) is 6.29 Å². The van der Waals surface area contributed by atoms with E-state index in [1.165, 1.54) is 0 Å². The first-order chi connectivity index (χ1) is 12.1. The Labute approximate surface area is 147 Å². The van der Waals surface area contributed by atoms with Crippen LogP contribution >= 0.6 is 0 Å². The van der Waals surface area contributed by atoms with E-state index in [-0.39, 0.29) is 0 Å². The molecule has 12 heteroatoms. The molecule has 26 heavy (non-hydrogen) atoms. The lowest BCUT2D eigenvalue weighted by atomic mass is 9.96. The van der Waals surface area contributed by atoms with E-state index in [0.29, 0.717) is 0 Å². The lowest BCUT2D eigenvalue weighted by Crippen LogP contribution is -2.66. The highest BCUT2D eigenvalue weighted by molar-refractivity contribution is 5.84. The predicted octanol–water partition coefficient (Wildman–Crippen LogP) is -4.01. The molecule has 0 aromatic heterocycles. The average Bonchev–Trinajstić information content (AvgIpc) is 2.56. The van der Waals surface area contributed by atoms with Crippen molar-refractivity contribution < 1.29 is 54.4 Å². The lowest BCUT2D eigenvalue weighted by molar-refractivity contribution is -0.302. The molecule has 8 atom stereocenters. The molecule has 2 heterocycles. The van der Waals surface area contributed by atoms with Crippen molar-refractivity contribution in [1.82, 2.24) is 5.32 Å². The van der Waals surface area contributed by atoms with E-state index in [9.17, 15) is 35.1 Å². The van der Waals surface area contributed by atoms with Crippen molar-refractivity contribution in [2.75, 3.05) is 6.61 Å². The quantitative estimate of drug-likeness (QED) is 0.246. The highest BCUT2D eigenvalue weighted by Crippen LogP contribution is 2.27. The maximum Gasteiger partial charge on any atom is 0.371 e. The van der Waals surface area contributed by atoms with E-state index in [1.54, 1.807) is 0 Å². The fraction of sp³-hybridized carbons (Fsp3) is 0.714. The Balaban J connectivity index is 2.24. The first-order valence-electron chi connectivity index (χ1n) is 7.68. The number of aliphatic hydroxyl groups excluding tert-OH is 5. The second-order valence-corrected chi connectivity index (χ2v) is 5.87. The van der Waals surface area contributed by atoms with E-state index in [4.69, 9.17) is 19.3 Å². The van der Waals surface area contributed by atoms with Gasteiger partial charge in [-0.2, -0.15) is 0 Å². The SMILES string of the molecule is CC(=O)N[C@@H]1[C@@H](O[C@@H]2OC(C(=O)O)=C[C@H](O)[C@H]2O)[C@H](O)[C@@H](CO)O[C@H]1O. The summed E-state index contributed by atoms with van der Waals surface area (Å²) in [6.07, 6.45) is -10.3. The summed E-state index contributed by atoms with van der Waals surface area (Å²) in [6.45, 7) is 0.442.